The first kappa shape index (κ1) is 21.6. The van der Waals surface area contributed by atoms with E-state index in [2.05, 4.69) is 10.6 Å². The fraction of sp³-hybridized carbons (Fsp3) is 0.333. The van der Waals surface area contributed by atoms with Gasteiger partial charge in [0.25, 0.3) is 5.91 Å². The van der Waals surface area contributed by atoms with Crippen LogP contribution in [0.4, 0.5) is 0 Å². The zero-order valence-corrected chi connectivity index (χ0v) is 16.8. The summed E-state index contributed by atoms with van der Waals surface area (Å²) in [6, 6.07) is 14.2. The molecule has 150 valence electrons. The van der Waals surface area contributed by atoms with E-state index >= 15 is 0 Å². The summed E-state index contributed by atoms with van der Waals surface area (Å²) >= 11 is 5.82. The second kappa shape index (κ2) is 11.2. The monoisotopic (exact) mass is 404 g/mol. The van der Waals surface area contributed by atoms with Gasteiger partial charge < -0.3 is 20.1 Å². The van der Waals surface area contributed by atoms with Crippen molar-refractivity contribution in [2.45, 2.75) is 26.4 Å². The fourth-order valence-electron chi connectivity index (χ4n) is 2.42. The minimum Gasteiger partial charge on any atom is -0.494 e. The van der Waals surface area contributed by atoms with Crippen molar-refractivity contribution in [3.05, 3.63) is 59.1 Å². The van der Waals surface area contributed by atoms with Gasteiger partial charge >= 0.3 is 0 Å². The number of benzene rings is 2. The molecule has 2 N–H and O–H groups in total. The number of amides is 2. The number of halogens is 1. The molecule has 2 amide bonds. The summed E-state index contributed by atoms with van der Waals surface area (Å²) in [4.78, 5) is 24.0. The lowest BCUT2D eigenvalue weighted by molar-refractivity contribution is -0.127. The van der Waals surface area contributed by atoms with Gasteiger partial charge in [0, 0.05) is 18.1 Å². The molecule has 28 heavy (non-hydrogen) atoms. The number of hydrogen-bond donors (Lipinski definition) is 2. The zero-order chi connectivity index (χ0) is 20.4. The van der Waals surface area contributed by atoms with Crippen molar-refractivity contribution >= 4 is 23.4 Å². The Kier molecular flexibility index (Phi) is 8.62. The van der Waals surface area contributed by atoms with Crippen LogP contribution >= 0.6 is 11.6 Å². The molecule has 0 heterocycles. The van der Waals surface area contributed by atoms with Crippen LogP contribution in [0.15, 0.2) is 48.5 Å². The van der Waals surface area contributed by atoms with Gasteiger partial charge in [-0.15, -0.1) is 0 Å². The number of rotatable bonds is 10. The number of hydrogen-bond acceptors (Lipinski definition) is 4. The van der Waals surface area contributed by atoms with Gasteiger partial charge in [0.1, 0.15) is 11.5 Å². The molecule has 0 aliphatic heterocycles. The molecule has 1 atom stereocenters. The maximum atomic E-state index is 12.0. The van der Waals surface area contributed by atoms with E-state index in [0.29, 0.717) is 30.5 Å². The number of carbonyl (C=O) groups excluding carboxylic acids is 2. The van der Waals surface area contributed by atoms with Gasteiger partial charge in [0.2, 0.25) is 5.91 Å². The first-order valence-electron chi connectivity index (χ1n) is 9.16. The minimum absolute atomic E-state index is 0.108. The highest BCUT2D eigenvalue weighted by atomic mass is 35.5. The molecule has 2 aromatic rings. The molecule has 0 aliphatic carbocycles. The molecule has 0 spiro atoms. The highest BCUT2D eigenvalue weighted by Crippen LogP contribution is 2.16. The van der Waals surface area contributed by atoms with Crippen LogP contribution in [0, 0.1) is 0 Å². The van der Waals surface area contributed by atoms with E-state index in [4.69, 9.17) is 21.1 Å². The Hall–Kier alpha value is -2.73. The Morgan fingerprint density at radius 3 is 2.21 bits per heavy atom. The lowest BCUT2D eigenvalue weighted by Gasteiger charge is -2.15. The Morgan fingerprint density at radius 1 is 0.964 bits per heavy atom. The maximum absolute atomic E-state index is 12.0. The molecule has 6 nitrogen and oxygen atoms in total. The van der Waals surface area contributed by atoms with Crippen molar-refractivity contribution in [3.8, 4) is 11.5 Å². The second-order valence-electron chi connectivity index (χ2n) is 6.11. The largest absolute Gasteiger partial charge is 0.494 e. The average molecular weight is 405 g/mol. The van der Waals surface area contributed by atoms with Gasteiger partial charge in [-0.25, -0.2) is 0 Å². The first-order valence-corrected chi connectivity index (χ1v) is 9.54. The number of ether oxygens (including phenoxy) is 2. The lowest BCUT2D eigenvalue weighted by Crippen LogP contribution is -2.41. The third-order valence-electron chi connectivity index (χ3n) is 3.84. The minimum atomic E-state index is -0.652. The van der Waals surface area contributed by atoms with E-state index in [9.17, 15) is 9.59 Å². The maximum Gasteiger partial charge on any atom is 0.260 e. The summed E-state index contributed by atoms with van der Waals surface area (Å²) in [6.45, 7) is 4.85. The van der Waals surface area contributed by atoms with Crippen LogP contribution in [0.5, 0.6) is 11.5 Å². The van der Waals surface area contributed by atoms with E-state index in [1.165, 1.54) is 0 Å². The molecular formula is C21H25ClN2O4. The number of nitrogens with one attached hydrogen (secondary N) is 2. The Balaban J connectivity index is 1.64. The second-order valence-corrected chi connectivity index (χ2v) is 6.55. The van der Waals surface area contributed by atoms with Gasteiger partial charge in [-0.1, -0.05) is 23.7 Å². The van der Waals surface area contributed by atoms with Crippen LogP contribution in [-0.2, 0) is 16.0 Å². The molecule has 0 radical (unpaired) electrons. The normalized spacial score (nSPS) is 11.4. The number of carbonyl (C=O) groups is 2. The summed E-state index contributed by atoms with van der Waals surface area (Å²) in [5, 5.41) is 6.12. The van der Waals surface area contributed by atoms with Gasteiger partial charge in [0.05, 0.1) is 13.0 Å². The van der Waals surface area contributed by atoms with Crippen molar-refractivity contribution in [2.24, 2.45) is 0 Å². The summed E-state index contributed by atoms with van der Waals surface area (Å²) < 4.78 is 10.9. The predicted molar refractivity (Wildman–Crippen MR) is 109 cm³/mol. The molecular weight excluding hydrogens is 380 g/mol. The van der Waals surface area contributed by atoms with E-state index < -0.39 is 6.10 Å². The highest BCUT2D eigenvalue weighted by Gasteiger charge is 2.14. The summed E-state index contributed by atoms with van der Waals surface area (Å²) in [6.07, 6.45) is -0.378. The highest BCUT2D eigenvalue weighted by molar-refractivity contribution is 6.30. The summed E-state index contributed by atoms with van der Waals surface area (Å²) in [5.74, 6) is 0.986. The summed E-state index contributed by atoms with van der Waals surface area (Å²) in [5.41, 5.74) is 0.898. The van der Waals surface area contributed by atoms with Crippen molar-refractivity contribution in [3.63, 3.8) is 0 Å². The van der Waals surface area contributed by atoms with E-state index in [0.717, 1.165) is 11.3 Å². The standard InChI is InChI=1S/C21H25ClN2O4/c1-3-27-18-8-4-16(5-9-18)14-20(25)23-12-13-24-21(26)15(2)28-19-10-6-17(22)7-11-19/h4-11,15H,3,12-14H2,1-2H3,(H,23,25)(H,24,26). The van der Waals surface area contributed by atoms with E-state index in [-0.39, 0.29) is 18.2 Å². The fourth-order valence-corrected chi connectivity index (χ4v) is 2.55. The third-order valence-corrected chi connectivity index (χ3v) is 4.09. The lowest BCUT2D eigenvalue weighted by atomic mass is 10.1. The average Bonchev–Trinajstić information content (AvgIpc) is 2.68. The van der Waals surface area contributed by atoms with Crippen LogP contribution < -0.4 is 20.1 Å². The Bertz CT molecular complexity index is 763. The molecule has 0 aliphatic rings. The van der Waals surface area contributed by atoms with Gasteiger partial charge in [-0.2, -0.15) is 0 Å². The van der Waals surface area contributed by atoms with Gasteiger partial charge in [0.15, 0.2) is 6.10 Å². The molecule has 0 bridgehead atoms. The van der Waals surface area contributed by atoms with Crippen LogP contribution in [0.2, 0.25) is 5.02 Å². The molecule has 7 heteroatoms. The Labute approximate surface area is 170 Å². The molecule has 0 saturated carbocycles. The van der Waals surface area contributed by atoms with Crippen molar-refractivity contribution in [1.29, 1.82) is 0 Å². The van der Waals surface area contributed by atoms with Crippen LogP contribution in [0.3, 0.4) is 0 Å². The smallest absolute Gasteiger partial charge is 0.260 e. The SMILES string of the molecule is CCOc1ccc(CC(=O)NCCNC(=O)C(C)Oc2ccc(Cl)cc2)cc1. The molecule has 0 fully saturated rings. The van der Waals surface area contributed by atoms with Crippen LogP contribution in [-0.4, -0.2) is 37.6 Å². The van der Waals surface area contributed by atoms with E-state index in [1.54, 1.807) is 31.2 Å². The molecule has 0 saturated heterocycles. The quantitative estimate of drug-likeness (QED) is 0.597. The van der Waals surface area contributed by atoms with Crippen LogP contribution in [0.25, 0.3) is 0 Å². The van der Waals surface area contributed by atoms with Crippen molar-refractivity contribution in [1.82, 2.24) is 10.6 Å². The van der Waals surface area contributed by atoms with Gasteiger partial charge in [-0.3, -0.25) is 9.59 Å². The summed E-state index contributed by atoms with van der Waals surface area (Å²) in [7, 11) is 0. The van der Waals surface area contributed by atoms with Crippen LogP contribution in [0.1, 0.15) is 19.4 Å². The van der Waals surface area contributed by atoms with E-state index in [1.807, 2.05) is 31.2 Å². The molecule has 0 aromatic heterocycles. The van der Waals surface area contributed by atoms with Crippen molar-refractivity contribution in [2.75, 3.05) is 19.7 Å². The molecule has 2 aromatic carbocycles. The van der Waals surface area contributed by atoms with Crippen molar-refractivity contribution < 1.29 is 19.1 Å². The zero-order valence-electron chi connectivity index (χ0n) is 16.0. The third kappa shape index (κ3) is 7.48. The molecule has 1 unspecified atom stereocenters. The van der Waals surface area contributed by atoms with Gasteiger partial charge in [-0.05, 0) is 55.8 Å². The topological polar surface area (TPSA) is 76.7 Å². The Morgan fingerprint density at radius 2 is 1.57 bits per heavy atom. The molecule has 2 rings (SSSR count). The first-order chi connectivity index (χ1) is 13.5. The predicted octanol–water partition coefficient (Wildman–Crippen LogP) is 2.98.